The normalized spacial score (nSPS) is 11.0. The van der Waals surface area contributed by atoms with E-state index >= 15 is 0 Å². The van der Waals surface area contributed by atoms with Crippen molar-refractivity contribution in [3.05, 3.63) is 78.1 Å². The van der Waals surface area contributed by atoms with E-state index in [1.165, 1.54) is 10.9 Å². The fourth-order valence-electron chi connectivity index (χ4n) is 3.09. The van der Waals surface area contributed by atoms with Gasteiger partial charge in [0.1, 0.15) is 0 Å². The number of fused-ring (bicyclic) bond motifs is 2. The third kappa shape index (κ3) is 3.38. The minimum Gasteiger partial charge on any atom is -0.361 e. The van der Waals surface area contributed by atoms with E-state index in [9.17, 15) is 4.79 Å². The van der Waals surface area contributed by atoms with Gasteiger partial charge in [0, 0.05) is 41.6 Å². The molecule has 4 rings (SSSR count). The Morgan fingerprint density at radius 3 is 2.88 bits per heavy atom. The number of nitrogens with one attached hydrogen (secondary N) is 2. The zero-order valence-corrected chi connectivity index (χ0v) is 13.8. The highest BCUT2D eigenvalue weighted by Crippen LogP contribution is 2.19. The van der Waals surface area contributed by atoms with Crippen molar-refractivity contribution in [1.29, 1.82) is 0 Å². The second kappa shape index (κ2) is 6.77. The number of aromatic nitrogens is 2. The Balaban J connectivity index is 1.35. The summed E-state index contributed by atoms with van der Waals surface area (Å²) in [5, 5.41) is 5.26. The van der Waals surface area contributed by atoms with Gasteiger partial charge >= 0.3 is 0 Å². The summed E-state index contributed by atoms with van der Waals surface area (Å²) in [5.41, 5.74) is 4.27. The fourth-order valence-corrected chi connectivity index (χ4v) is 3.09. The number of para-hydroxylation sites is 2. The maximum absolute atomic E-state index is 12.2. The van der Waals surface area contributed by atoms with Gasteiger partial charge in [0.15, 0.2) is 0 Å². The lowest BCUT2D eigenvalue weighted by atomic mass is 10.1. The van der Waals surface area contributed by atoms with E-state index < -0.39 is 0 Å². The van der Waals surface area contributed by atoms with Gasteiger partial charge in [0.05, 0.1) is 5.52 Å². The average molecular weight is 329 g/mol. The summed E-state index contributed by atoms with van der Waals surface area (Å²) in [5.74, 6) is 0.0541. The number of aryl methyl sites for hydroxylation is 1. The molecule has 0 saturated heterocycles. The Morgan fingerprint density at radius 2 is 1.92 bits per heavy atom. The fraction of sp³-hybridized carbons (Fsp3) is 0.143. The monoisotopic (exact) mass is 329 g/mol. The van der Waals surface area contributed by atoms with Gasteiger partial charge in [-0.25, -0.2) is 0 Å². The molecule has 2 aromatic carbocycles. The highest BCUT2D eigenvalue weighted by atomic mass is 16.1. The molecular formula is C21H19N3O. The van der Waals surface area contributed by atoms with Crippen molar-refractivity contribution in [1.82, 2.24) is 15.3 Å². The van der Waals surface area contributed by atoms with Gasteiger partial charge in [0.25, 0.3) is 0 Å². The first-order valence-electron chi connectivity index (χ1n) is 8.45. The summed E-state index contributed by atoms with van der Waals surface area (Å²) in [7, 11) is 0. The Morgan fingerprint density at radius 1 is 1.08 bits per heavy atom. The molecule has 124 valence electrons. The molecule has 4 aromatic rings. The lowest BCUT2D eigenvalue weighted by molar-refractivity contribution is -0.121. The molecule has 0 atom stereocenters. The molecule has 0 fully saturated rings. The quantitative estimate of drug-likeness (QED) is 0.582. The van der Waals surface area contributed by atoms with Crippen LogP contribution in [0.2, 0.25) is 0 Å². The van der Waals surface area contributed by atoms with Crippen molar-refractivity contribution in [2.75, 3.05) is 0 Å². The minimum atomic E-state index is 0.0541. The van der Waals surface area contributed by atoms with Crippen LogP contribution in [0.5, 0.6) is 0 Å². The number of benzene rings is 2. The van der Waals surface area contributed by atoms with E-state index in [1.807, 2.05) is 54.9 Å². The number of carbonyl (C=O) groups is 1. The number of carbonyl (C=O) groups excluding carboxylic acids is 1. The third-order valence-corrected chi connectivity index (χ3v) is 4.43. The van der Waals surface area contributed by atoms with Crippen molar-refractivity contribution in [3.8, 4) is 0 Å². The van der Waals surface area contributed by atoms with Crippen LogP contribution in [0.3, 0.4) is 0 Å². The maximum Gasteiger partial charge on any atom is 0.220 e. The SMILES string of the molecule is O=C(CCc1c[nH]c2ccccc12)NCc1cnc2ccccc2c1. The molecule has 1 amide bonds. The highest BCUT2D eigenvalue weighted by molar-refractivity contribution is 5.84. The van der Waals surface area contributed by atoms with E-state index in [1.54, 1.807) is 0 Å². The molecule has 0 aliphatic carbocycles. The summed E-state index contributed by atoms with van der Waals surface area (Å²) in [6.45, 7) is 0.505. The second-order valence-corrected chi connectivity index (χ2v) is 6.17. The van der Waals surface area contributed by atoms with Crippen LogP contribution in [0.1, 0.15) is 17.5 Å². The van der Waals surface area contributed by atoms with Crippen molar-refractivity contribution in [2.45, 2.75) is 19.4 Å². The van der Waals surface area contributed by atoms with E-state index in [-0.39, 0.29) is 5.91 Å². The molecule has 0 aliphatic heterocycles. The number of aromatic amines is 1. The van der Waals surface area contributed by atoms with Crippen LogP contribution < -0.4 is 5.32 Å². The summed E-state index contributed by atoms with van der Waals surface area (Å²) in [6.07, 6.45) is 5.02. The average Bonchev–Trinajstić information content (AvgIpc) is 3.08. The van der Waals surface area contributed by atoms with E-state index in [0.29, 0.717) is 13.0 Å². The van der Waals surface area contributed by atoms with Crippen LogP contribution in [0.15, 0.2) is 67.0 Å². The maximum atomic E-state index is 12.2. The number of rotatable bonds is 5. The highest BCUT2D eigenvalue weighted by Gasteiger charge is 2.07. The number of amides is 1. The second-order valence-electron chi connectivity index (χ2n) is 6.17. The zero-order chi connectivity index (χ0) is 17.1. The predicted molar refractivity (Wildman–Crippen MR) is 100 cm³/mol. The smallest absolute Gasteiger partial charge is 0.220 e. The number of H-pyrrole nitrogens is 1. The molecule has 4 heteroatoms. The first kappa shape index (κ1) is 15.4. The zero-order valence-electron chi connectivity index (χ0n) is 13.8. The van der Waals surface area contributed by atoms with Crippen molar-refractivity contribution >= 4 is 27.7 Å². The Kier molecular flexibility index (Phi) is 4.17. The number of nitrogens with zero attached hydrogens (tertiary/aromatic N) is 1. The topological polar surface area (TPSA) is 57.8 Å². The van der Waals surface area contributed by atoms with E-state index in [2.05, 4.69) is 27.4 Å². The third-order valence-electron chi connectivity index (χ3n) is 4.43. The predicted octanol–water partition coefficient (Wildman–Crippen LogP) is 3.97. The lowest BCUT2D eigenvalue weighted by Crippen LogP contribution is -2.23. The van der Waals surface area contributed by atoms with Crippen LogP contribution >= 0.6 is 0 Å². The molecule has 2 N–H and O–H groups in total. The summed E-state index contributed by atoms with van der Waals surface area (Å²) >= 11 is 0. The number of hydrogen-bond donors (Lipinski definition) is 2. The van der Waals surface area contributed by atoms with Gasteiger partial charge in [-0.1, -0.05) is 36.4 Å². The van der Waals surface area contributed by atoms with Gasteiger partial charge < -0.3 is 10.3 Å². The molecule has 25 heavy (non-hydrogen) atoms. The largest absolute Gasteiger partial charge is 0.361 e. The first-order valence-corrected chi connectivity index (χ1v) is 8.45. The van der Waals surface area contributed by atoms with Crippen molar-refractivity contribution in [3.63, 3.8) is 0 Å². The van der Waals surface area contributed by atoms with Crippen LogP contribution in [0.4, 0.5) is 0 Å². The lowest BCUT2D eigenvalue weighted by Gasteiger charge is -2.06. The van der Waals surface area contributed by atoms with Crippen LogP contribution in [-0.2, 0) is 17.8 Å². The molecule has 0 spiro atoms. The van der Waals surface area contributed by atoms with Gasteiger partial charge in [-0.15, -0.1) is 0 Å². The van der Waals surface area contributed by atoms with Gasteiger partial charge in [-0.3, -0.25) is 9.78 Å². The number of hydrogen-bond acceptors (Lipinski definition) is 2. The molecule has 0 saturated carbocycles. The molecule has 0 bridgehead atoms. The molecule has 0 unspecified atom stereocenters. The van der Waals surface area contributed by atoms with Crippen LogP contribution in [-0.4, -0.2) is 15.9 Å². The van der Waals surface area contributed by atoms with Gasteiger partial charge in [-0.2, -0.15) is 0 Å². The van der Waals surface area contributed by atoms with Crippen LogP contribution in [0.25, 0.3) is 21.8 Å². The van der Waals surface area contributed by atoms with Crippen molar-refractivity contribution < 1.29 is 4.79 Å². The molecule has 0 aliphatic rings. The standard InChI is InChI=1S/C21H19N3O/c25-21(10-9-17-14-23-20-8-4-2-6-18(17)20)24-13-15-11-16-5-1-3-7-19(16)22-12-15/h1-8,11-12,14,23H,9-10,13H2,(H,24,25). The molecule has 0 radical (unpaired) electrons. The summed E-state index contributed by atoms with van der Waals surface area (Å²) < 4.78 is 0. The summed E-state index contributed by atoms with van der Waals surface area (Å²) in [4.78, 5) is 19.8. The molecule has 4 nitrogen and oxygen atoms in total. The Labute approximate surface area is 145 Å². The number of pyridine rings is 1. The van der Waals surface area contributed by atoms with Gasteiger partial charge in [-0.05, 0) is 35.7 Å². The molecule has 2 heterocycles. The minimum absolute atomic E-state index is 0.0541. The van der Waals surface area contributed by atoms with Crippen LogP contribution in [0, 0.1) is 0 Å². The Bertz CT molecular complexity index is 1040. The van der Waals surface area contributed by atoms with Crippen molar-refractivity contribution in [2.24, 2.45) is 0 Å². The first-order chi connectivity index (χ1) is 12.3. The van der Waals surface area contributed by atoms with Gasteiger partial charge in [0.2, 0.25) is 5.91 Å². The Hall–Kier alpha value is -3.14. The molecule has 2 aromatic heterocycles. The van der Waals surface area contributed by atoms with E-state index in [4.69, 9.17) is 0 Å². The van der Waals surface area contributed by atoms with E-state index in [0.717, 1.165) is 28.4 Å². The summed E-state index contributed by atoms with van der Waals surface area (Å²) in [6, 6.07) is 18.2. The molecular weight excluding hydrogens is 310 g/mol.